The van der Waals surface area contributed by atoms with Crippen LogP contribution in [0.4, 0.5) is 19.3 Å². The molecule has 0 aromatic heterocycles. The maximum absolute atomic E-state index is 14.0. The molecule has 1 unspecified atom stereocenters. The fourth-order valence-electron chi connectivity index (χ4n) is 5.01. The lowest BCUT2D eigenvalue weighted by molar-refractivity contribution is -0.114. The molecule has 2 amide bonds. The maximum atomic E-state index is 14.0. The first-order chi connectivity index (χ1) is 18.9. The minimum absolute atomic E-state index is 0.0448. The summed E-state index contributed by atoms with van der Waals surface area (Å²) < 4.78 is 33.3. The molecule has 0 fully saturated rings. The van der Waals surface area contributed by atoms with E-state index in [-0.39, 0.29) is 23.6 Å². The van der Waals surface area contributed by atoms with Crippen LogP contribution in [0.2, 0.25) is 0 Å². The first kappa shape index (κ1) is 29.2. The third kappa shape index (κ3) is 8.36. The van der Waals surface area contributed by atoms with Crippen molar-refractivity contribution >= 4 is 17.7 Å². The first-order valence-electron chi connectivity index (χ1n) is 13.6. The highest BCUT2D eigenvalue weighted by Gasteiger charge is 2.29. The summed E-state index contributed by atoms with van der Waals surface area (Å²) in [5, 5.41) is 2.78. The van der Waals surface area contributed by atoms with Crippen LogP contribution in [0.3, 0.4) is 0 Å². The van der Waals surface area contributed by atoms with Crippen molar-refractivity contribution in [3.05, 3.63) is 101 Å². The Balaban J connectivity index is 1.55. The molecule has 1 heterocycles. The van der Waals surface area contributed by atoms with Crippen molar-refractivity contribution in [2.75, 3.05) is 18.4 Å². The van der Waals surface area contributed by atoms with Crippen molar-refractivity contribution in [2.45, 2.75) is 65.3 Å². The molecule has 8 heteroatoms. The van der Waals surface area contributed by atoms with Crippen LogP contribution in [-0.4, -0.2) is 46.5 Å². The predicted molar refractivity (Wildman–Crippen MR) is 152 cm³/mol. The van der Waals surface area contributed by atoms with E-state index in [2.05, 4.69) is 10.2 Å². The minimum Gasteiger partial charge on any atom is -0.444 e. The van der Waals surface area contributed by atoms with Crippen molar-refractivity contribution in [3.8, 4) is 0 Å². The molecule has 1 aliphatic heterocycles. The minimum atomic E-state index is -0.660. The van der Waals surface area contributed by atoms with Crippen LogP contribution in [0.1, 0.15) is 49.9 Å². The van der Waals surface area contributed by atoms with E-state index >= 15 is 0 Å². The second kappa shape index (κ2) is 12.6. The van der Waals surface area contributed by atoms with Gasteiger partial charge in [0.1, 0.15) is 17.2 Å². The molecule has 4 rings (SSSR count). The zero-order valence-corrected chi connectivity index (χ0v) is 23.5. The lowest BCUT2D eigenvalue weighted by atomic mass is 9.90. The monoisotopic (exact) mass is 549 g/mol. The normalized spacial score (nSPS) is 15.3. The number of anilines is 1. The van der Waals surface area contributed by atoms with Crippen LogP contribution in [0.5, 0.6) is 0 Å². The van der Waals surface area contributed by atoms with Crippen LogP contribution >= 0.6 is 0 Å². The Morgan fingerprint density at radius 3 is 2.40 bits per heavy atom. The van der Waals surface area contributed by atoms with E-state index in [4.69, 9.17) is 4.74 Å². The quantitative estimate of drug-likeness (QED) is 0.357. The summed E-state index contributed by atoms with van der Waals surface area (Å²) in [6, 6.07) is 18.8. The maximum Gasteiger partial charge on any atom is 0.410 e. The van der Waals surface area contributed by atoms with Gasteiger partial charge in [0.2, 0.25) is 5.91 Å². The van der Waals surface area contributed by atoms with Gasteiger partial charge in [0.15, 0.2) is 0 Å². The molecule has 0 saturated heterocycles. The van der Waals surface area contributed by atoms with Crippen molar-refractivity contribution < 1.29 is 23.1 Å². The molecule has 0 bridgehead atoms. The van der Waals surface area contributed by atoms with Gasteiger partial charge in [-0.1, -0.05) is 30.3 Å². The summed E-state index contributed by atoms with van der Waals surface area (Å²) in [4.78, 5) is 28.8. The number of amides is 2. The van der Waals surface area contributed by atoms with Gasteiger partial charge in [0.05, 0.1) is 0 Å². The van der Waals surface area contributed by atoms with E-state index in [9.17, 15) is 18.4 Å². The van der Waals surface area contributed by atoms with Gasteiger partial charge >= 0.3 is 6.09 Å². The number of rotatable bonds is 8. The van der Waals surface area contributed by atoms with Crippen molar-refractivity contribution in [1.82, 2.24) is 9.80 Å². The van der Waals surface area contributed by atoms with Gasteiger partial charge in [-0.25, -0.2) is 13.6 Å². The fourth-order valence-corrected chi connectivity index (χ4v) is 5.01. The predicted octanol–water partition coefficient (Wildman–Crippen LogP) is 6.33. The van der Waals surface area contributed by atoms with Gasteiger partial charge in [-0.15, -0.1) is 0 Å². The summed E-state index contributed by atoms with van der Waals surface area (Å²) in [5.41, 5.74) is 3.89. The topological polar surface area (TPSA) is 61.9 Å². The van der Waals surface area contributed by atoms with Gasteiger partial charge in [0.25, 0.3) is 0 Å². The van der Waals surface area contributed by atoms with Crippen LogP contribution in [0.25, 0.3) is 0 Å². The molecule has 1 N–H and O–H groups in total. The largest absolute Gasteiger partial charge is 0.444 e. The molecule has 0 radical (unpaired) electrons. The Bertz CT molecular complexity index is 1340. The number of hydrogen-bond acceptors (Lipinski definition) is 4. The Kier molecular flexibility index (Phi) is 9.20. The molecule has 3 aromatic rings. The lowest BCUT2D eigenvalue weighted by Crippen LogP contribution is -2.47. The van der Waals surface area contributed by atoms with E-state index in [0.29, 0.717) is 44.7 Å². The number of nitrogens with one attached hydrogen (secondary N) is 1. The molecule has 0 spiro atoms. The van der Waals surface area contributed by atoms with Gasteiger partial charge in [-0.05, 0) is 92.3 Å². The molecular formula is C32H37F2N3O3. The number of benzene rings is 3. The number of hydrogen-bond donors (Lipinski definition) is 1. The van der Waals surface area contributed by atoms with Gasteiger partial charge in [0, 0.05) is 44.8 Å². The number of ether oxygens (including phenoxy) is 1. The Morgan fingerprint density at radius 1 is 0.975 bits per heavy atom. The molecule has 3 aromatic carbocycles. The van der Waals surface area contributed by atoms with Crippen molar-refractivity contribution in [1.29, 1.82) is 0 Å². The number of carbonyl (C=O) groups excluding carboxylic acids is 2. The second-order valence-corrected chi connectivity index (χ2v) is 11.4. The lowest BCUT2D eigenvalue weighted by Gasteiger charge is -2.38. The van der Waals surface area contributed by atoms with Crippen LogP contribution in [0, 0.1) is 11.6 Å². The third-order valence-electron chi connectivity index (χ3n) is 6.83. The standard InChI is InChI=1S/C32H37F2N3O3/c1-22(38)35-29-7-5-6-24(16-29)20-37(31(39)40-32(2,3)4)15-14-36-21-25-10-13-28(34)18-26(25)19-30(36)17-23-8-11-27(33)12-9-23/h5-13,16,18,30H,14-15,17,19-21H2,1-4H3,(H,35,38). The van der Waals surface area contributed by atoms with Crippen LogP contribution in [-0.2, 0) is 35.5 Å². The van der Waals surface area contributed by atoms with Crippen LogP contribution < -0.4 is 5.32 Å². The molecule has 1 aliphatic rings. The van der Waals surface area contributed by atoms with Gasteiger partial charge in [-0.2, -0.15) is 0 Å². The average molecular weight is 550 g/mol. The molecule has 40 heavy (non-hydrogen) atoms. The summed E-state index contributed by atoms with van der Waals surface area (Å²) in [7, 11) is 0. The third-order valence-corrected chi connectivity index (χ3v) is 6.83. The smallest absolute Gasteiger partial charge is 0.410 e. The van der Waals surface area contributed by atoms with Gasteiger partial charge < -0.3 is 15.0 Å². The highest BCUT2D eigenvalue weighted by Crippen LogP contribution is 2.27. The molecule has 1 atom stereocenters. The Hall–Kier alpha value is -3.78. The molecule has 0 aliphatic carbocycles. The number of carbonyl (C=O) groups is 2. The summed E-state index contributed by atoms with van der Waals surface area (Å²) in [6.45, 7) is 8.83. The molecular weight excluding hydrogens is 512 g/mol. The SMILES string of the molecule is CC(=O)Nc1cccc(CN(CCN2Cc3ccc(F)cc3CC2Cc2ccc(F)cc2)C(=O)OC(C)(C)C)c1. The highest BCUT2D eigenvalue weighted by molar-refractivity contribution is 5.88. The zero-order valence-electron chi connectivity index (χ0n) is 23.5. The van der Waals surface area contributed by atoms with E-state index in [0.717, 1.165) is 22.3 Å². The molecule has 6 nitrogen and oxygen atoms in total. The number of halogens is 2. The number of nitrogens with zero attached hydrogens (tertiary/aromatic N) is 2. The van der Waals surface area contributed by atoms with E-state index in [1.165, 1.54) is 25.1 Å². The summed E-state index contributed by atoms with van der Waals surface area (Å²) in [6.07, 6.45) is 0.892. The summed E-state index contributed by atoms with van der Waals surface area (Å²) >= 11 is 0. The Labute approximate surface area is 234 Å². The number of fused-ring (bicyclic) bond motifs is 1. The second-order valence-electron chi connectivity index (χ2n) is 11.4. The Morgan fingerprint density at radius 2 is 1.70 bits per heavy atom. The van der Waals surface area contributed by atoms with E-state index < -0.39 is 11.7 Å². The van der Waals surface area contributed by atoms with Crippen molar-refractivity contribution in [2.24, 2.45) is 0 Å². The average Bonchev–Trinajstić information content (AvgIpc) is 2.86. The first-order valence-corrected chi connectivity index (χ1v) is 13.6. The van der Waals surface area contributed by atoms with Gasteiger partial charge in [-0.3, -0.25) is 9.69 Å². The molecule has 0 saturated carbocycles. The van der Waals surface area contributed by atoms with Crippen molar-refractivity contribution in [3.63, 3.8) is 0 Å². The zero-order chi connectivity index (χ0) is 28.9. The molecule has 212 valence electrons. The summed E-state index contributed by atoms with van der Waals surface area (Å²) in [5.74, 6) is -0.712. The fraction of sp³-hybridized carbons (Fsp3) is 0.375. The van der Waals surface area contributed by atoms with E-state index in [1.807, 2.05) is 45.0 Å². The van der Waals surface area contributed by atoms with E-state index in [1.54, 1.807) is 29.2 Å². The van der Waals surface area contributed by atoms with Crippen LogP contribution in [0.15, 0.2) is 66.7 Å². The highest BCUT2D eigenvalue weighted by atomic mass is 19.1.